The van der Waals surface area contributed by atoms with Gasteiger partial charge in [0.05, 0.1) is 12.1 Å². The maximum absolute atomic E-state index is 6.32. The van der Waals surface area contributed by atoms with E-state index in [-0.39, 0.29) is 0 Å². The second-order valence-electron chi connectivity index (χ2n) is 5.35. The number of halogens is 1. The van der Waals surface area contributed by atoms with E-state index in [4.69, 9.17) is 16.3 Å². The Hall–Kier alpha value is -0.730. The molecule has 1 saturated heterocycles. The minimum Gasteiger partial charge on any atom is -0.495 e. The van der Waals surface area contributed by atoms with E-state index in [9.17, 15) is 0 Å². The molecule has 100 valence electrons. The molecule has 1 heterocycles. The van der Waals surface area contributed by atoms with Gasteiger partial charge >= 0.3 is 0 Å². The molecule has 1 aliphatic rings. The standard InChI is InChI=1S/C15H22ClNO/c1-10(2)11-7-12(8-13-5-4-6-17-13)15(18-3)14(16)9-11/h7,9-10,13,17H,4-6,8H2,1-3H3. The molecular weight excluding hydrogens is 246 g/mol. The topological polar surface area (TPSA) is 21.3 Å². The van der Waals surface area contributed by atoms with E-state index < -0.39 is 0 Å². The van der Waals surface area contributed by atoms with Crippen LogP contribution in [0.4, 0.5) is 0 Å². The van der Waals surface area contributed by atoms with Crippen molar-refractivity contribution < 1.29 is 4.74 Å². The predicted octanol–water partition coefficient (Wildman–Crippen LogP) is 3.77. The van der Waals surface area contributed by atoms with Gasteiger partial charge in [-0.3, -0.25) is 0 Å². The van der Waals surface area contributed by atoms with E-state index >= 15 is 0 Å². The van der Waals surface area contributed by atoms with Crippen molar-refractivity contribution in [2.75, 3.05) is 13.7 Å². The molecule has 0 bridgehead atoms. The fourth-order valence-corrected chi connectivity index (χ4v) is 2.91. The SMILES string of the molecule is COc1c(Cl)cc(C(C)C)cc1CC1CCCN1. The van der Waals surface area contributed by atoms with Crippen molar-refractivity contribution in [1.29, 1.82) is 0 Å². The minimum absolute atomic E-state index is 0.490. The Kier molecular flexibility index (Phi) is 4.52. The first kappa shape index (κ1) is 13.7. The molecule has 1 aliphatic heterocycles. The third-order valence-electron chi connectivity index (χ3n) is 3.64. The van der Waals surface area contributed by atoms with E-state index in [1.54, 1.807) is 7.11 Å². The number of hydrogen-bond donors (Lipinski definition) is 1. The lowest BCUT2D eigenvalue weighted by atomic mass is 9.96. The predicted molar refractivity (Wildman–Crippen MR) is 76.8 cm³/mol. The molecule has 0 saturated carbocycles. The molecule has 0 radical (unpaired) electrons. The molecule has 2 nitrogen and oxygen atoms in total. The van der Waals surface area contributed by atoms with Crippen LogP contribution in [0.5, 0.6) is 5.75 Å². The number of hydrogen-bond acceptors (Lipinski definition) is 2. The first-order valence-electron chi connectivity index (χ1n) is 6.71. The smallest absolute Gasteiger partial charge is 0.140 e. The fraction of sp³-hybridized carbons (Fsp3) is 0.600. The van der Waals surface area contributed by atoms with Gasteiger partial charge in [-0.1, -0.05) is 31.5 Å². The lowest BCUT2D eigenvalue weighted by molar-refractivity contribution is 0.406. The van der Waals surface area contributed by atoms with E-state index in [1.165, 1.54) is 24.0 Å². The average molecular weight is 268 g/mol. The van der Waals surface area contributed by atoms with Crippen LogP contribution in [0.25, 0.3) is 0 Å². The Bertz CT molecular complexity index is 411. The zero-order valence-corrected chi connectivity index (χ0v) is 12.2. The summed E-state index contributed by atoms with van der Waals surface area (Å²) in [4.78, 5) is 0. The summed E-state index contributed by atoms with van der Waals surface area (Å²) in [5.41, 5.74) is 2.52. The molecule has 3 heteroatoms. The molecule has 1 aromatic rings. The molecule has 0 amide bonds. The maximum Gasteiger partial charge on any atom is 0.140 e. The maximum atomic E-state index is 6.32. The van der Waals surface area contributed by atoms with E-state index in [0.29, 0.717) is 12.0 Å². The Morgan fingerprint density at radius 3 is 2.78 bits per heavy atom. The summed E-state index contributed by atoms with van der Waals surface area (Å²) in [5.74, 6) is 1.33. The van der Waals surface area contributed by atoms with Crippen LogP contribution in [0.15, 0.2) is 12.1 Å². The van der Waals surface area contributed by atoms with E-state index in [0.717, 1.165) is 23.7 Å². The molecule has 1 fully saturated rings. The second kappa shape index (κ2) is 5.94. The molecule has 1 N–H and O–H groups in total. The average Bonchev–Trinajstić information content (AvgIpc) is 2.81. The summed E-state index contributed by atoms with van der Waals surface area (Å²) in [6.45, 7) is 5.51. The van der Waals surface area contributed by atoms with E-state index in [1.807, 2.05) is 6.07 Å². The highest BCUT2D eigenvalue weighted by Gasteiger charge is 2.19. The molecule has 0 aromatic heterocycles. The van der Waals surface area contributed by atoms with Crippen LogP contribution in [-0.2, 0) is 6.42 Å². The first-order valence-corrected chi connectivity index (χ1v) is 7.09. The molecular formula is C15H22ClNO. The van der Waals surface area contributed by atoms with Crippen molar-refractivity contribution in [2.24, 2.45) is 0 Å². The lowest BCUT2D eigenvalue weighted by Crippen LogP contribution is -2.24. The molecule has 2 rings (SSSR count). The van der Waals surface area contributed by atoms with Crippen molar-refractivity contribution in [3.05, 3.63) is 28.3 Å². The lowest BCUT2D eigenvalue weighted by Gasteiger charge is -2.17. The van der Waals surface area contributed by atoms with Crippen molar-refractivity contribution in [3.8, 4) is 5.75 Å². The van der Waals surface area contributed by atoms with Crippen molar-refractivity contribution in [3.63, 3.8) is 0 Å². The Labute approximate surface area is 115 Å². The highest BCUT2D eigenvalue weighted by atomic mass is 35.5. The molecule has 0 aliphatic carbocycles. The van der Waals surface area contributed by atoms with Crippen molar-refractivity contribution in [2.45, 2.75) is 45.1 Å². The van der Waals surface area contributed by atoms with Gasteiger partial charge in [-0.15, -0.1) is 0 Å². The van der Waals surface area contributed by atoms with Gasteiger partial charge in [0.1, 0.15) is 5.75 Å². The van der Waals surface area contributed by atoms with Crippen LogP contribution in [0.1, 0.15) is 43.7 Å². The largest absolute Gasteiger partial charge is 0.495 e. The zero-order valence-electron chi connectivity index (χ0n) is 11.4. The Morgan fingerprint density at radius 1 is 1.44 bits per heavy atom. The van der Waals surface area contributed by atoms with Gasteiger partial charge in [0.2, 0.25) is 0 Å². The van der Waals surface area contributed by atoms with Crippen LogP contribution in [-0.4, -0.2) is 19.7 Å². The number of methoxy groups -OCH3 is 1. The van der Waals surface area contributed by atoms with Gasteiger partial charge < -0.3 is 10.1 Å². The van der Waals surface area contributed by atoms with Gasteiger partial charge in [-0.05, 0) is 48.9 Å². The monoisotopic (exact) mass is 267 g/mol. The highest BCUT2D eigenvalue weighted by Crippen LogP contribution is 2.34. The van der Waals surface area contributed by atoms with E-state index in [2.05, 4.69) is 25.2 Å². The number of nitrogens with one attached hydrogen (secondary N) is 1. The number of ether oxygens (including phenoxy) is 1. The molecule has 1 atom stereocenters. The molecule has 18 heavy (non-hydrogen) atoms. The Balaban J connectivity index is 2.29. The summed E-state index contributed by atoms with van der Waals surface area (Å²) in [5, 5.41) is 4.26. The molecule has 0 spiro atoms. The Morgan fingerprint density at radius 2 is 2.22 bits per heavy atom. The zero-order chi connectivity index (χ0) is 13.1. The highest BCUT2D eigenvalue weighted by molar-refractivity contribution is 6.32. The van der Waals surface area contributed by atoms with Gasteiger partial charge in [0.25, 0.3) is 0 Å². The quantitative estimate of drug-likeness (QED) is 0.897. The molecule has 1 aromatic carbocycles. The minimum atomic E-state index is 0.490. The summed E-state index contributed by atoms with van der Waals surface area (Å²) < 4.78 is 5.46. The number of benzene rings is 1. The van der Waals surface area contributed by atoms with Gasteiger partial charge in [-0.25, -0.2) is 0 Å². The van der Waals surface area contributed by atoms with Gasteiger partial charge in [-0.2, -0.15) is 0 Å². The fourth-order valence-electron chi connectivity index (χ4n) is 2.58. The van der Waals surface area contributed by atoms with Crippen molar-refractivity contribution >= 4 is 11.6 Å². The van der Waals surface area contributed by atoms with Crippen LogP contribution in [0, 0.1) is 0 Å². The summed E-state index contributed by atoms with van der Waals surface area (Å²) in [6.07, 6.45) is 3.51. The summed E-state index contributed by atoms with van der Waals surface area (Å²) in [6, 6.07) is 4.84. The number of rotatable bonds is 4. The van der Waals surface area contributed by atoms with Gasteiger partial charge in [0.15, 0.2) is 0 Å². The third kappa shape index (κ3) is 2.99. The summed E-state index contributed by atoms with van der Waals surface area (Å²) >= 11 is 6.32. The second-order valence-corrected chi connectivity index (χ2v) is 5.75. The third-order valence-corrected chi connectivity index (χ3v) is 3.92. The first-order chi connectivity index (χ1) is 8.61. The van der Waals surface area contributed by atoms with Crippen molar-refractivity contribution in [1.82, 2.24) is 5.32 Å². The van der Waals surface area contributed by atoms with Crippen LogP contribution >= 0.6 is 11.6 Å². The van der Waals surface area contributed by atoms with Crippen LogP contribution in [0.3, 0.4) is 0 Å². The van der Waals surface area contributed by atoms with Crippen LogP contribution < -0.4 is 10.1 Å². The molecule has 1 unspecified atom stereocenters. The normalized spacial score (nSPS) is 19.5. The van der Waals surface area contributed by atoms with Gasteiger partial charge in [0, 0.05) is 6.04 Å². The summed E-state index contributed by atoms with van der Waals surface area (Å²) in [7, 11) is 1.70. The van der Waals surface area contributed by atoms with Crippen LogP contribution in [0.2, 0.25) is 5.02 Å².